The molecule has 2 heterocycles. The fourth-order valence-corrected chi connectivity index (χ4v) is 3.03. The van der Waals surface area contributed by atoms with Gasteiger partial charge >= 0.3 is 0 Å². The number of ether oxygens (including phenoxy) is 2. The zero-order valence-corrected chi connectivity index (χ0v) is 15.0. The van der Waals surface area contributed by atoms with E-state index in [2.05, 4.69) is 22.4 Å². The molecule has 0 aliphatic carbocycles. The zero-order valence-electron chi connectivity index (χ0n) is 15.0. The molecule has 0 saturated carbocycles. The van der Waals surface area contributed by atoms with Crippen LogP contribution >= 0.6 is 0 Å². The normalized spacial score (nSPS) is 14.9. The van der Waals surface area contributed by atoms with Crippen LogP contribution in [0.3, 0.4) is 0 Å². The van der Waals surface area contributed by atoms with Gasteiger partial charge in [0.1, 0.15) is 24.4 Å². The van der Waals surface area contributed by atoms with Crippen molar-refractivity contribution >= 4 is 5.69 Å². The Balaban J connectivity index is 1.58. The second kappa shape index (κ2) is 8.58. The Morgan fingerprint density at radius 1 is 1.19 bits per heavy atom. The number of hydrogen-bond acceptors (Lipinski definition) is 6. The van der Waals surface area contributed by atoms with E-state index in [-0.39, 0.29) is 17.8 Å². The Bertz CT molecular complexity index is 794. The van der Waals surface area contributed by atoms with Crippen molar-refractivity contribution in [3.05, 3.63) is 65.2 Å². The third-order valence-corrected chi connectivity index (χ3v) is 4.39. The van der Waals surface area contributed by atoms with Gasteiger partial charge in [-0.3, -0.25) is 9.69 Å². The highest BCUT2D eigenvalue weighted by molar-refractivity contribution is 5.58. The van der Waals surface area contributed by atoms with Gasteiger partial charge in [0, 0.05) is 32.2 Å². The van der Waals surface area contributed by atoms with Gasteiger partial charge in [-0.25, -0.2) is 0 Å². The Morgan fingerprint density at radius 2 is 1.96 bits per heavy atom. The van der Waals surface area contributed by atoms with Crippen LogP contribution in [0.4, 0.5) is 5.69 Å². The van der Waals surface area contributed by atoms with E-state index in [1.165, 1.54) is 12.3 Å². The monoisotopic (exact) mass is 356 g/mol. The Morgan fingerprint density at radius 3 is 2.65 bits per heavy atom. The summed E-state index contributed by atoms with van der Waals surface area (Å²) in [7, 11) is 1.69. The Hall–Kier alpha value is -2.73. The van der Waals surface area contributed by atoms with Crippen LogP contribution in [-0.2, 0) is 6.54 Å². The molecule has 1 aromatic carbocycles. The van der Waals surface area contributed by atoms with Crippen LogP contribution in [-0.4, -0.2) is 44.8 Å². The number of rotatable bonds is 7. The largest absolute Gasteiger partial charge is 0.495 e. The van der Waals surface area contributed by atoms with Gasteiger partial charge in [-0.2, -0.15) is 0 Å². The third-order valence-electron chi connectivity index (χ3n) is 4.39. The molecule has 0 unspecified atom stereocenters. The standard InChI is InChI=1S/C20H24N2O4/c1-3-12-25-20-15-26-16(13-18(20)23)14-21-8-10-22(11-9-21)17-6-4-5-7-19(17)24-2/h3-7,13,15H,1,8-12,14H2,2H3. The predicted molar refractivity (Wildman–Crippen MR) is 101 cm³/mol. The highest BCUT2D eigenvalue weighted by atomic mass is 16.5. The number of benzene rings is 1. The number of para-hydroxylation sites is 2. The first-order valence-corrected chi connectivity index (χ1v) is 8.67. The summed E-state index contributed by atoms with van der Waals surface area (Å²) >= 11 is 0. The summed E-state index contributed by atoms with van der Waals surface area (Å²) in [6.45, 7) is 8.02. The van der Waals surface area contributed by atoms with Crippen molar-refractivity contribution in [2.75, 3.05) is 44.8 Å². The Labute approximate surface area is 153 Å². The molecule has 0 atom stereocenters. The first-order chi connectivity index (χ1) is 12.7. The minimum Gasteiger partial charge on any atom is -0.495 e. The summed E-state index contributed by atoms with van der Waals surface area (Å²) < 4.78 is 16.3. The molecular weight excluding hydrogens is 332 g/mol. The quantitative estimate of drug-likeness (QED) is 0.711. The molecule has 1 aliphatic rings. The molecule has 2 aromatic rings. The lowest BCUT2D eigenvalue weighted by atomic mass is 10.2. The molecule has 0 N–H and O–H groups in total. The fraction of sp³-hybridized carbons (Fsp3) is 0.350. The van der Waals surface area contributed by atoms with Crippen molar-refractivity contribution in [2.24, 2.45) is 0 Å². The van der Waals surface area contributed by atoms with Crippen LogP contribution in [0.5, 0.6) is 11.5 Å². The second-order valence-corrected chi connectivity index (χ2v) is 6.11. The molecular formula is C20H24N2O4. The lowest BCUT2D eigenvalue weighted by Gasteiger charge is -2.36. The van der Waals surface area contributed by atoms with Crippen molar-refractivity contribution in [3.8, 4) is 11.5 Å². The van der Waals surface area contributed by atoms with E-state index in [1.807, 2.05) is 18.2 Å². The molecule has 1 aliphatic heterocycles. The maximum Gasteiger partial charge on any atom is 0.227 e. The lowest BCUT2D eigenvalue weighted by molar-refractivity contribution is 0.225. The van der Waals surface area contributed by atoms with Crippen molar-refractivity contribution in [1.29, 1.82) is 0 Å². The van der Waals surface area contributed by atoms with E-state index in [0.29, 0.717) is 12.3 Å². The number of piperazine rings is 1. The van der Waals surface area contributed by atoms with Crippen LogP contribution in [0.15, 0.2) is 58.5 Å². The van der Waals surface area contributed by atoms with Gasteiger partial charge in [-0.05, 0) is 12.1 Å². The van der Waals surface area contributed by atoms with Crippen LogP contribution in [0, 0.1) is 0 Å². The average molecular weight is 356 g/mol. The van der Waals surface area contributed by atoms with Gasteiger partial charge in [0.2, 0.25) is 11.2 Å². The second-order valence-electron chi connectivity index (χ2n) is 6.11. The van der Waals surface area contributed by atoms with E-state index >= 15 is 0 Å². The highest BCUT2D eigenvalue weighted by Crippen LogP contribution is 2.28. The van der Waals surface area contributed by atoms with Gasteiger partial charge in [0.15, 0.2) is 0 Å². The molecule has 0 amide bonds. The van der Waals surface area contributed by atoms with Crippen molar-refractivity contribution in [2.45, 2.75) is 6.54 Å². The average Bonchev–Trinajstić information content (AvgIpc) is 2.68. The highest BCUT2D eigenvalue weighted by Gasteiger charge is 2.20. The van der Waals surface area contributed by atoms with Crippen LogP contribution in [0.25, 0.3) is 0 Å². The van der Waals surface area contributed by atoms with Crippen LogP contribution in [0.1, 0.15) is 5.76 Å². The number of nitrogens with zero attached hydrogens (tertiary/aromatic N) is 2. The smallest absolute Gasteiger partial charge is 0.227 e. The molecule has 3 rings (SSSR count). The summed E-state index contributed by atoms with van der Waals surface area (Å²) in [4.78, 5) is 16.6. The SMILES string of the molecule is C=CCOc1coc(CN2CCN(c3ccccc3OC)CC2)cc1=O. The van der Waals surface area contributed by atoms with Crippen molar-refractivity contribution in [1.82, 2.24) is 4.90 Å². The molecule has 6 heteroatoms. The summed E-state index contributed by atoms with van der Waals surface area (Å²) in [5, 5.41) is 0. The first-order valence-electron chi connectivity index (χ1n) is 8.67. The predicted octanol–water partition coefficient (Wildman–Crippen LogP) is 2.54. The summed E-state index contributed by atoms with van der Waals surface area (Å²) in [5.41, 5.74) is 0.950. The van der Waals surface area contributed by atoms with E-state index in [1.54, 1.807) is 13.2 Å². The zero-order chi connectivity index (χ0) is 18.4. The molecule has 6 nitrogen and oxygen atoms in total. The maximum atomic E-state index is 12.0. The summed E-state index contributed by atoms with van der Waals surface area (Å²) in [5.74, 6) is 1.75. The third kappa shape index (κ3) is 4.26. The molecule has 138 valence electrons. The van der Waals surface area contributed by atoms with Gasteiger partial charge < -0.3 is 18.8 Å². The number of hydrogen-bond donors (Lipinski definition) is 0. The van der Waals surface area contributed by atoms with Gasteiger partial charge in [-0.15, -0.1) is 0 Å². The molecule has 1 fully saturated rings. The first kappa shape index (κ1) is 18.1. The molecule has 26 heavy (non-hydrogen) atoms. The molecule has 0 bridgehead atoms. The van der Waals surface area contributed by atoms with E-state index in [0.717, 1.165) is 37.6 Å². The molecule has 0 spiro atoms. The van der Waals surface area contributed by atoms with Gasteiger partial charge in [-0.1, -0.05) is 24.8 Å². The van der Waals surface area contributed by atoms with E-state index < -0.39 is 0 Å². The van der Waals surface area contributed by atoms with Crippen LogP contribution in [0.2, 0.25) is 0 Å². The molecule has 1 aromatic heterocycles. The molecule has 1 saturated heterocycles. The van der Waals surface area contributed by atoms with Crippen LogP contribution < -0.4 is 19.8 Å². The Kier molecular flexibility index (Phi) is 5.96. The topological polar surface area (TPSA) is 55.1 Å². The maximum absolute atomic E-state index is 12.0. The fourth-order valence-electron chi connectivity index (χ4n) is 3.03. The van der Waals surface area contributed by atoms with E-state index in [9.17, 15) is 4.79 Å². The minimum atomic E-state index is -0.166. The number of methoxy groups -OCH3 is 1. The van der Waals surface area contributed by atoms with Crippen molar-refractivity contribution < 1.29 is 13.9 Å². The summed E-state index contributed by atoms with van der Waals surface area (Å²) in [6.07, 6.45) is 2.97. The molecule has 0 radical (unpaired) electrons. The summed E-state index contributed by atoms with van der Waals surface area (Å²) in [6, 6.07) is 9.56. The van der Waals surface area contributed by atoms with Crippen molar-refractivity contribution in [3.63, 3.8) is 0 Å². The minimum absolute atomic E-state index is 0.166. The lowest BCUT2D eigenvalue weighted by Crippen LogP contribution is -2.46. The van der Waals surface area contributed by atoms with Gasteiger partial charge in [0.25, 0.3) is 0 Å². The number of anilines is 1. The van der Waals surface area contributed by atoms with E-state index in [4.69, 9.17) is 13.9 Å². The van der Waals surface area contributed by atoms with Gasteiger partial charge in [0.05, 0.1) is 19.3 Å².